The van der Waals surface area contributed by atoms with E-state index in [2.05, 4.69) is 20.5 Å². The van der Waals surface area contributed by atoms with Crippen molar-refractivity contribution in [1.29, 1.82) is 0 Å². The van der Waals surface area contributed by atoms with E-state index in [0.29, 0.717) is 6.04 Å². The first-order valence-electron chi connectivity index (χ1n) is 8.69. The summed E-state index contributed by atoms with van der Waals surface area (Å²) in [6, 6.07) is 6.79. The van der Waals surface area contributed by atoms with Gasteiger partial charge in [0, 0.05) is 37.4 Å². The van der Waals surface area contributed by atoms with Crippen molar-refractivity contribution in [2.45, 2.75) is 56.7 Å². The number of anilines is 1. The Morgan fingerprint density at radius 2 is 1.70 bits per heavy atom. The zero-order valence-corrected chi connectivity index (χ0v) is 13.6. The lowest BCUT2D eigenvalue weighted by Gasteiger charge is -2.34. The molecule has 126 valence electrons. The molecular formula is C17H27N5O. The van der Waals surface area contributed by atoms with Gasteiger partial charge in [0.2, 0.25) is 0 Å². The van der Waals surface area contributed by atoms with Crippen molar-refractivity contribution in [1.82, 2.24) is 15.6 Å². The third-order valence-corrected chi connectivity index (χ3v) is 4.91. The van der Waals surface area contributed by atoms with Gasteiger partial charge in [-0.05, 0) is 50.7 Å². The summed E-state index contributed by atoms with van der Waals surface area (Å²) < 4.78 is 0. The van der Waals surface area contributed by atoms with Crippen LogP contribution in [0.25, 0.3) is 0 Å². The summed E-state index contributed by atoms with van der Waals surface area (Å²) in [4.78, 5) is 18.8. The number of hydrogen-bond acceptors (Lipinski definition) is 4. The maximum Gasteiger partial charge on any atom is 0.315 e. The van der Waals surface area contributed by atoms with Crippen molar-refractivity contribution in [3.05, 3.63) is 24.4 Å². The molecule has 3 rings (SSSR count). The first kappa shape index (κ1) is 16.1. The molecule has 6 heteroatoms. The quantitative estimate of drug-likeness (QED) is 0.791. The molecule has 2 fully saturated rings. The van der Waals surface area contributed by atoms with Gasteiger partial charge < -0.3 is 21.3 Å². The van der Waals surface area contributed by atoms with Crippen molar-refractivity contribution >= 4 is 11.8 Å². The van der Waals surface area contributed by atoms with E-state index in [-0.39, 0.29) is 18.1 Å². The monoisotopic (exact) mass is 317 g/mol. The highest BCUT2D eigenvalue weighted by Crippen LogP contribution is 2.18. The fourth-order valence-corrected chi connectivity index (χ4v) is 3.47. The first-order chi connectivity index (χ1) is 11.2. The lowest BCUT2D eigenvalue weighted by atomic mass is 9.92. The fourth-order valence-electron chi connectivity index (χ4n) is 3.47. The van der Waals surface area contributed by atoms with E-state index >= 15 is 0 Å². The van der Waals surface area contributed by atoms with E-state index in [1.165, 1.54) is 0 Å². The van der Waals surface area contributed by atoms with Gasteiger partial charge in [0.15, 0.2) is 0 Å². The molecule has 0 bridgehead atoms. The Bertz CT molecular complexity index is 493. The number of carbonyl (C=O) groups excluding carboxylic acids is 1. The van der Waals surface area contributed by atoms with Gasteiger partial charge in [-0.1, -0.05) is 6.07 Å². The van der Waals surface area contributed by atoms with Crippen LogP contribution in [0, 0.1) is 0 Å². The van der Waals surface area contributed by atoms with Crippen LogP contribution in [0.2, 0.25) is 0 Å². The van der Waals surface area contributed by atoms with Crippen LogP contribution in [0.5, 0.6) is 0 Å². The van der Waals surface area contributed by atoms with Gasteiger partial charge in [-0.15, -0.1) is 0 Å². The van der Waals surface area contributed by atoms with Gasteiger partial charge in [0.1, 0.15) is 5.82 Å². The highest BCUT2D eigenvalue weighted by molar-refractivity contribution is 5.74. The molecule has 0 unspecified atom stereocenters. The van der Waals surface area contributed by atoms with Gasteiger partial charge in [0.05, 0.1) is 0 Å². The predicted molar refractivity (Wildman–Crippen MR) is 91.4 cm³/mol. The molecule has 0 radical (unpaired) electrons. The van der Waals surface area contributed by atoms with Crippen molar-refractivity contribution in [2.24, 2.45) is 5.73 Å². The van der Waals surface area contributed by atoms with E-state index in [1.807, 2.05) is 24.4 Å². The van der Waals surface area contributed by atoms with Crippen LogP contribution in [-0.4, -0.2) is 42.2 Å². The normalized spacial score (nSPS) is 25.9. The van der Waals surface area contributed by atoms with Crippen LogP contribution in [0.15, 0.2) is 24.4 Å². The average Bonchev–Trinajstić information content (AvgIpc) is 2.58. The van der Waals surface area contributed by atoms with Crippen molar-refractivity contribution in [3.8, 4) is 0 Å². The Hall–Kier alpha value is -1.82. The van der Waals surface area contributed by atoms with Gasteiger partial charge in [-0.2, -0.15) is 0 Å². The maximum atomic E-state index is 12.1. The predicted octanol–water partition coefficient (Wildman–Crippen LogP) is 1.62. The third-order valence-electron chi connectivity index (χ3n) is 4.91. The van der Waals surface area contributed by atoms with Gasteiger partial charge in [0.25, 0.3) is 0 Å². The third kappa shape index (κ3) is 4.58. The van der Waals surface area contributed by atoms with Crippen LogP contribution in [-0.2, 0) is 0 Å². The van der Waals surface area contributed by atoms with Crippen LogP contribution in [0.3, 0.4) is 0 Å². The molecule has 2 heterocycles. The second kappa shape index (κ2) is 7.64. The highest BCUT2D eigenvalue weighted by atomic mass is 16.2. The maximum absolute atomic E-state index is 12.1. The summed E-state index contributed by atoms with van der Waals surface area (Å²) in [7, 11) is 0. The molecule has 1 aliphatic carbocycles. The molecular weight excluding hydrogens is 290 g/mol. The largest absolute Gasteiger partial charge is 0.356 e. The summed E-state index contributed by atoms with van der Waals surface area (Å²) in [5.74, 6) is 1.02. The molecule has 23 heavy (non-hydrogen) atoms. The summed E-state index contributed by atoms with van der Waals surface area (Å²) >= 11 is 0. The second-order valence-electron chi connectivity index (χ2n) is 6.68. The summed E-state index contributed by atoms with van der Waals surface area (Å²) in [5, 5.41) is 6.22. The molecule has 2 amide bonds. The minimum atomic E-state index is -0.0262. The number of urea groups is 1. The van der Waals surface area contributed by atoms with E-state index in [4.69, 9.17) is 5.73 Å². The number of aromatic nitrogens is 1. The second-order valence-corrected chi connectivity index (χ2v) is 6.68. The summed E-state index contributed by atoms with van der Waals surface area (Å²) in [6.07, 6.45) is 7.74. The molecule has 0 atom stereocenters. The Morgan fingerprint density at radius 3 is 2.30 bits per heavy atom. The Labute approximate surface area is 137 Å². The first-order valence-corrected chi connectivity index (χ1v) is 8.69. The summed E-state index contributed by atoms with van der Waals surface area (Å²) in [6.45, 7) is 1.86. The van der Waals surface area contributed by atoms with E-state index in [9.17, 15) is 4.79 Å². The molecule has 2 aliphatic rings. The van der Waals surface area contributed by atoms with Crippen LogP contribution in [0.4, 0.5) is 10.6 Å². The average molecular weight is 317 g/mol. The van der Waals surface area contributed by atoms with E-state index in [1.54, 1.807) is 0 Å². The zero-order valence-electron chi connectivity index (χ0n) is 13.6. The fraction of sp³-hybridized carbons (Fsp3) is 0.647. The summed E-state index contributed by atoms with van der Waals surface area (Å²) in [5.41, 5.74) is 5.90. The smallest absolute Gasteiger partial charge is 0.315 e. The van der Waals surface area contributed by atoms with E-state index in [0.717, 1.165) is 57.4 Å². The minimum absolute atomic E-state index is 0.0262. The SMILES string of the molecule is NC1CCC(NC(=O)NC2CCN(c3ccccn3)CC2)CC1. The molecule has 4 N–H and O–H groups in total. The highest BCUT2D eigenvalue weighted by Gasteiger charge is 2.24. The molecule has 0 spiro atoms. The zero-order chi connectivity index (χ0) is 16.1. The van der Waals surface area contributed by atoms with Crippen molar-refractivity contribution < 1.29 is 4.79 Å². The standard InChI is InChI=1S/C17H27N5O/c18-13-4-6-14(7-5-13)20-17(23)21-15-8-11-22(12-9-15)16-3-1-2-10-19-16/h1-3,10,13-15H,4-9,11-12,18H2,(H2,20,21,23). The van der Waals surface area contributed by atoms with Crippen LogP contribution >= 0.6 is 0 Å². The molecule has 0 aromatic carbocycles. The molecule has 1 saturated carbocycles. The van der Waals surface area contributed by atoms with Crippen molar-refractivity contribution in [3.63, 3.8) is 0 Å². The number of nitrogens with one attached hydrogen (secondary N) is 2. The number of nitrogens with two attached hydrogens (primary N) is 1. The van der Waals surface area contributed by atoms with Gasteiger partial charge >= 0.3 is 6.03 Å². The number of carbonyl (C=O) groups is 1. The Balaban J connectivity index is 1.39. The van der Waals surface area contributed by atoms with Crippen molar-refractivity contribution in [2.75, 3.05) is 18.0 Å². The number of rotatable bonds is 3. The van der Waals surface area contributed by atoms with Crippen LogP contribution in [0.1, 0.15) is 38.5 Å². The number of piperidine rings is 1. The number of pyridine rings is 1. The van der Waals surface area contributed by atoms with Gasteiger partial charge in [-0.25, -0.2) is 9.78 Å². The molecule has 1 saturated heterocycles. The number of nitrogens with zero attached hydrogens (tertiary/aromatic N) is 2. The number of hydrogen-bond donors (Lipinski definition) is 3. The Morgan fingerprint density at radius 1 is 1.04 bits per heavy atom. The molecule has 1 aliphatic heterocycles. The Kier molecular flexibility index (Phi) is 5.33. The van der Waals surface area contributed by atoms with Crippen LogP contribution < -0.4 is 21.3 Å². The minimum Gasteiger partial charge on any atom is -0.356 e. The molecule has 6 nitrogen and oxygen atoms in total. The van der Waals surface area contributed by atoms with E-state index < -0.39 is 0 Å². The number of amides is 2. The van der Waals surface area contributed by atoms with Gasteiger partial charge in [-0.3, -0.25) is 0 Å². The lowest BCUT2D eigenvalue weighted by Crippen LogP contribution is -2.51. The topological polar surface area (TPSA) is 83.3 Å². The molecule has 1 aromatic heterocycles. The molecule has 1 aromatic rings. The lowest BCUT2D eigenvalue weighted by molar-refractivity contribution is 0.225.